The molecule has 0 atom stereocenters. The van der Waals surface area contributed by atoms with Crippen LogP contribution in [0.2, 0.25) is 0 Å². The number of rotatable bonds is 5. The molecule has 1 heterocycles. The maximum atomic E-state index is 13.9. The lowest BCUT2D eigenvalue weighted by Gasteiger charge is -2.35. The Hall–Kier alpha value is -4.00. The van der Waals surface area contributed by atoms with E-state index in [4.69, 9.17) is 4.74 Å². The number of methoxy groups -OCH3 is 1. The molecular formula is C27H24F2N2O3. The average molecular weight is 462 g/mol. The van der Waals surface area contributed by atoms with Crippen LogP contribution >= 0.6 is 0 Å². The van der Waals surface area contributed by atoms with Gasteiger partial charge < -0.3 is 15.4 Å². The van der Waals surface area contributed by atoms with Crippen LogP contribution in [0.15, 0.2) is 66.7 Å². The van der Waals surface area contributed by atoms with Crippen molar-refractivity contribution in [1.29, 1.82) is 0 Å². The molecule has 0 aromatic heterocycles. The SMILES string of the molecule is COc1ccc2c(c1)C(=CC(=O)c1cccc(NC(=O)c3ccc(F)cc3F)c1)NC(C)(C)C2. The number of ketones is 1. The number of hydrogen-bond donors (Lipinski definition) is 2. The summed E-state index contributed by atoms with van der Waals surface area (Å²) in [6.07, 6.45) is 2.32. The van der Waals surface area contributed by atoms with Crippen molar-refractivity contribution in [3.05, 3.63) is 101 Å². The van der Waals surface area contributed by atoms with Crippen LogP contribution in [0.1, 0.15) is 45.7 Å². The first kappa shape index (κ1) is 23.2. The minimum absolute atomic E-state index is 0.247. The summed E-state index contributed by atoms with van der Waals surface area (Å²) in [5.74, 6) is -2.05. The average Bonchev–Trinajstić information content (AvgIpc) is 2.78. The van der Waals surface area contributed by atoms with Crippen LogP contribution in [0.4, 0.5) is 14.5 Å². The maximum Gasteiger partial charge on any atom is 0.258 e. The van der Waals surface area contributed by atoms with Gasteiger partial charge in [0.15, 0.2) is 5.78 Å². The van der Waals surface area contributed by atoms with Gasteiger partial charge in [-0.05, 0) is 62.2 Å². The molecule has 174 valence electrons. The number of hydrogen-bond acceptors (Lipinski definition) is 4. The number of fused-ring (bicyclic) bond motifs is 1. The molecule has 0 fully saturated rings. The van der Waals surface area contributed by atoms with Gasteiger partial charge in [-0.2, -0.15) is 0 Å². The van der Waals surface area contributed by atoms with E-state index in [-0.39, 0.29) is 16.9 Å². The Kier molecular flexibility index (Phi) is 6.20. The number of anilines is 1. The highest BCUT2D eigenvalue weighted by molar-refractivity contribution is 6.10. The van der Waals surface area contributed by atoms with Gasteiger partial charge in [-0.25, -0.2) is 8.78 Å². The molecule has 1 amide bonds. The molecule has 34 heavy (non-hydrogen) atoms. The molecule has 0 aliphatic carbocycles. The molecule has 7 heteroatoms. The lowest BCUT2D eigenvalue weighted by atomic mass is 9.85. The molecule has 0 radical (unpaired) electrons. The summed E-state index contributed by atoms with van der Waals surface area (Å²) in [6.45, 7) is 4.12. The number of amides is 1. The van der Waals surface area contributed by atoms with E-state index >= 15 is 0 Å². The fourth-order valence-electron chi connectivity index (χ4n) is 3.99. The third-order valence-electron chi connectivity index (χ3n) is 5.57. The zero-order chi connectivity index (χ0) is 24.5. The Morgan fingerprint density at radius 2 is 1.85 bits per heavy atom. The Bertz CT molecular complexity index is 1310. The lowest BCUT2D eigenvalue weighted by molar-refractivity contribution is 0.101. The van der Waals surface area contributed by atoms with Gasteiger partial charge in [0, 0.05) is 40.2 Å². The molecular weight excluding hydrogens is 438 g/mol. The van der Waals surface area contributed by atoms with Gasteiger partial charge in [0.25, 0.3) is 5.91 Å². The van der Waals surface area contributed by atoms with Crippen LogP contribution in [0.3, 0.4) is 0 Å². The molecule has 5 nitrogen and oxygen atoms in total. The Balaban J connectivity index is 1.61. The van der Waals surface area contributed by atoms with Crippen molar-refractivity contribution in [3.8, 4) is 5.75 Å². The molecule has 0 saturated heterocycles. The molecule has 0 bridgehead atoms. The van der Waals surface area contributed by atoms with E-state index in [1.165, 1.54) is 12.1 Å². The number of halogens is 2. The predicted octanol–water partition coefficient (Wildman–Crippen LogP) is 5.37. The highest BCUT2D eigenvalue weighted by Crippen LogP contribution is 2.32. The monoisotopic (exact) mass is 462 g/mol. The third-order valence-corrected chi connectivity index (χ3v) is 5.57. The number of allylic oxidation sites excluding steroid dienone is 1. The van der Waals surface area contributed by atoms with Gasteiger partial charge in [-0.1, -0.05) is 18.2 Å². The van der Waals surface area contributed by atoms with E-state index in [0.717, 1.165) is 29.7 Å². The summed E-state index contributed by atoms with van der Waals surface area (Å²) in [5, 5.41) is 5.98. The van der Waals surface area contributed by atoms with Crippen LogP contribution in [0, 0.1) is 11.6 Å². The van der Waals surface area contributed by atoms with Crippen molar-refractivity contribution in [1.82, 2.24) is 5.32 Å². The van der Waals surface area contributed by atoms with E-state index in [0.29, 0.717) is 28.8 Å². The highest BCUT2D eigenvalue weighted by atomic mass is 19.1. The number of carbonyl (C=O) groups excluding carboxylic acids is 2. The lowest BCUT2D eigenvalue weighted by Crippen LogP contribution is -2.43. The van der Waals surface area contributed by atoms with E-state index < -0.39 is 17.5 Å². The summed E-state index contributed by atoms with van der Waals surface area (Å²) >= 11 is 0. The second kappa shape index (κ2) is 9.09. The van der Waals surface area contributed by atoms with Crippen molar-refractivity contribution in [2.75, 3.05) is 12.4 Å². The van der Waals surface area contributed by atoms with Crippen molar-refractivity contribution in [2.24, 2.45) is 0 Å². The highest BCUT2D eigenvalue weighted by Gasteiger charge is 2.28. The maximum absolute atomic E-state index is 13.9. The summed E-state index contributed by atoms with van der Waals surface area (Å²) in [7, 11) is 1.59. The second-order valence-corrected chi connectivity index (χ2v) is 8.79. The van der Waals surface area contributed by atoms with Gasteiger partial charge in [0.2, 0.25) is 0 Å². The third kappa shape index (κ3) is 4.98. The normalized spacial score (nSPS) is 15.3. The van der Waals surface area contributed by atoms with Crippen LogP contribution in [-0.4, -0.2) is 24.3 Å². The zero-order valence-corrected chi connectivity index (χ0v) is 19.0. The molecule has 3 aromatic carbocycles. The summed E-state index contributed by atoms with van der Waals surface area (Å²) in [6, 6.07) is 14.9. The van der Waals surface area contributed by atoms with Gasteiger partial charge >= 0.3 is 0 Å². The van der Waals surface area contributed by atoms with Crippen molar-refractivity contribution in [2.45, 2.75) is 25.8 Å². The Morgan fingerprint density at radius 3 is 2.59 bits per heavy atom. The van der Waals surface area contributed by atoms with E-state index in [9.17, 15) is 18.4 Å². The standard InChI is InChI=1S/C27H24F2N2O3/c1-27(2)15-17-7-9-20(34-3)13-22(17)24(31-27)14-25(32)16-5-4-6-19(11-16)30-26(33)21-10-8-18(28)12-23(21)29/h4-14,31H,15H2,1-3H3,(H,30,33). The molecule has 1 aliphatic rings. The molecule has 0 saturated carbocycles. The minimum atomic E-state index is -0.963. The number of nitrogens with one attached hydrogen (secondary N) is 2. The first-order chi connectivity index (χ1) is 16.1. The van der Waals surface area contributed by atoms with E-state index in [2.05, 4.69) is 24.5 Å². The van der Waals surface area contributed by atoms with Gasteiger partial charge in [-0.3, -0.25) is 9.59 Å². The van der Waals surface area contributed by atoms with Crippen LogP contribution in [0.5, 0.6) is 5.75 Å². The fraction of sp³-hybridized carbons (Fsp3) is 0.185. The summed E-state index contributed by atoms with van der Waals surface area (Å²) in [4.78, 5) is 25.5. The van der Waals surface area contributed by atoms with Gasteiger partial charge in [-0.15, -0.1) is 0 Å². The molecule has 1 aliphatic heterocycles. The molecule has 3 aromatic rings. The first-order valence-electron chi connectivity index (χ1n) is 10.7. The largest absolute Gasteiger partial charge is 0.497 e. The minimum Gasteiger partial charge on any atom is -0.497 e. The Morgan fingerprint density at radius 1 is 1.06 bits per heavy atom. The first-order valence-corrected chi connectivity index (χ1v) is 10.7. The van der Waals surface area contributed by atoms with Gasteiger partial charge in [0.05, 0.1) is 12.7 Å². The summed E-state index contributed by atoms with van der Waals surface area (Å²) in [5.41, 5.74) is 2.80. The fourth-order valence-corrected chi connectivity index (χ4v) is 3.99. The molecule has 4 rings (SSSR count). The summed E-state index contributed by atoms with van der Waals surface area (Å²) < 4.78 is 32.4. The number of benzene rings is 3. The van der Waals surface area contributed by atoms with E-state index in [1.54, 1.807) is 25.3 Å². The molecule has 0 unspecified atom stereocenters. The van der Waals surface area contributed by atoms with Crippen molar-refractivity contribution >= 4 is 23.1 Å². The molecule has 2 N–H and O–H groups in total. The van der Waals surface area contributed by atoms with Crippen molar-refractivity contribution in [3.63, 3.8) is 0 Å². The predicted molar refractivity (Wildman–Crippen MR) is 127 cm³/mol. The molecule has 0 spiro atoms. The quantitative estimate of drug-likeness (QED) is 0.395. The van der Waals surface area contributed by atoms with Crippen molar-refractivity contribution < 1.29 is 23.1 Å². The topological polar surface area (TPSA) is 67.4 Å². The van der Waals surface area contributed by atoms with Crippen LogP contribution in [0.25, 0.3) is 5.70 Å². The van der Waals surface area contributed by atoms with E-state index in [1.807, 2.05) is 18.2 Å². The Labute approximate surface area is 196 Å². The second-order valence-electron chi connectivity index (χ2n) is 8.79. The number of ether oxygens (including phenoxy) is 1. The van der Waals surface area contributed by atoms with Crippen LogP contribution in [-0.2, 0) is 6.42 Å². The van der Waals surface area contributed by atoms with Gasteiger partial charge in [0.1, 0.15) is 17.4 Å². The number of carbonyl (C=O) groups is 2. The van der Waals surface area contributed by atoms with Crippen LogP contribution < -0.4 is 15.4 Å². The zero-order valence-electron chi connectivity index (χ0n) is 19.0. The smallest absolute Gasteiger partial charge is 0.258 e.